The second kappa shape index (κ2) is 4.41. The molecule has 1 aromatic rings. The van der Waals surface area contributed by atoms with Crippen molar-refractivity contribution in [3.8, 4) is 0 Å². The van der Waals surface area contributed by atoms with E-state index < -0.39 is 17.4 Å². The molecule has 110 valence electrons. The number of aliphatic carboxylic acids is 1. The molecular weight excluding hydrogens is 268 g/mol. The van der Waals surface area contributed by atoms with Crippen molar-refractivity contribution in [2.45, 2.75) is 39.3 Å². The number of rotatable bonds is 2. The van der Waals surface area contributed by atoms with Crippen molar-refractivity contribution < 1.29 is 14.7 Å². The largest absolute Gasteiger partial charge is 0.480 e. The highest BCUT2D eigenvalue weighted by Gasteiger charge is 2.60. The summed E-state index contributed by atoms with van der Waals surface area (Å²) in [4.78, 5) is 29.5. The molecule has 0 spiro atoms. The summed E-state index contributed by atoms with van der Waals surface area (Å²) < 4.78 is 0. The predicted octanol–water partition coefficient (Wildman–Crippen LogP) is 1.87. The number of aryl methyl sites for hydroxylation is 1. The van der Waals surface area contributed by atoms with Gasteiger partial charge in [0.2, 0.25) is 0 Å². The molecule has 0 radical (unpaired) electrons. The summed E-state index contributed by atoms with van der Waals surface area (Å²) in [5.74, 6) is -1.11. The van der Waals surface area contributed by atoms with Crippen LogP contribution in [0.3, 0.4) is 0 Å². The number of hydrogen-bond donors (Lipinski definition) is 1. The number of nitrogens with zero attached hydrogens (tertiary/aromatic N) is 2. The van der Waals surface area contributed by atoms with E-state index in [0.717, 1.165) is 11.3 Å². The third-order valence-electron chi connectivity index (χ3n) is 4.39. The van der Waals surface area contributed by atoms with E-state index in [4.69, 9.17) is 0 Å². The van der Waals surface area contributed by atoms with Gasteiger partial charge < -0.3 is 10.0 Å². The van der Waals surface area contributed by atoms with Gasteiger partial charge in [0.1, 0.15) is 6.04 Å². The fourth-order valence-corrected chi connectivity index (χ4v) is 3.42. The fourth-order valence-electron chi connectivity index (χ4n) is 3.42. The van der Waals surface area contributed by atoms with Crippen LogP contribution in [0, 0.1) is 12.3 Å². The number of amides is 1. The number of β-lactam (4-membered cyclic amide) rings is 1. The molecule has 0 aliphatic carbocycles. The van der Waals surface area contributed by atoms with Crippen molar-refractivity contribution in [1.82, 2.24) is 9.88 Å². The van der Waals surface area contributed by atoms with Gasteiger partial charge in [0.05, 0.1) is 11.7 Å². The van der Waals surface area contributed by atoms with Gasteiger partial charge in [-0.05, 0) is 42.5 Å². The molecule has 1 N–H and O–H groups in total. The molecule has 2 fully saturated rings. The zero-order chi connectivity index (χ0) is 15.4. The molecule has 1 amide bonds. The van der Waals surface area contributed by atoms with E-state index in [9.17, 15) is 14.7 Å². The Balaban J connectivity index is 1.93. The Morgan fingerprint density at radius 2 is 2.24 bits per heavy atom. The van der Waals surface area contributed by atoms with Gasteiger partial charge in [-0.2, -0.15) is 0 Å². The first-order valence-electron chi connectivity index (χ1n) is 7.01. The molecule has 2 saturated heterocycles. The number of hydrogen-bond acceptors (Lipinski definition) is 3. The lowest BCUT2D eigenvalue weighted by molar-refractivity contribution is -0.154. The van der Waals surface area contributed by atoms with Crippen LogP contribution in [-0.4, -0.2) is 39.0 Å². The van der Waals surface area contributed by atoms with Crippen molar-refractivity contribution in [3.05, 3.63) is 35.2 Å². The number of carbonyl (C=O) groups is 2. The smallest absolute Gasteiger partial charge is 0.327 e. The van der Waals surface area contributed by atoms with E-state index in [1.54, 1.807) is 12.3 Å². The normalized spacial score (nSPS) is 28.4. The third-order valence-corrected chi connectivity index (χ3v) is 4.39. The maximum atomic E-state index is 12.3. The van der Waals surface area contributed by atoms with Gasteiger partial charge >= 0.3 is 5.97 Å². The van der Waals surface area contributed by atoms with Crippen LogP contribution in [0.5, 0.6) is 0 Å². The first kappa shape index (κ1) is 13.8. The van der Waals surface area contributed by atoms with Crippen molar-refractivity contribution in [1.29, 1.82) is 0 Å². The molecule has 0 bridgehead atoms. The summed E-state index contributed by atoms with van der Waals surface area (Å²) in [6, 6.07) is 2.97. The van der Waals surface area contributed by atoms with Crippen molar-refractivity contribution in [3.63, 3.8) is 0 Å². The lowest BCUT2D eigenvalue weighted by Crippen LogP contribution is -2.57. The van der Waals surface area contributed by atoms with E-state index in [1.165, 1.54) is 4.90 Å². The highest BCUT2D eigenvalue weighted by molar-refractivity contribution is 6.08. The predicted molar refractivity (Wildman–Crippen MR) is 77.4 cm³/mol. The molecule has 0 aromatic carbocycles. The van der Waals surface area contributed by atoms with E-state index in [0.29, 0.717) is 12.0 Å². The fraction of sp³-hybridized carbons (Fsp3) is 0.438. The Morgan fingerprint density at radius 3 is 2.86 bits per heavy atom. The van der Waals surface area contributed by atoms with Crippen molar-refractivity contribution in [2.24, 2.45) is 5.41 Å². The summed E-state index contributed by atoms with van der Waals surface area (Å²) in [6.07, 6.45) is 4.17. The Labute approximate surface area is 123 Å². The molecule has 2 aliphatic rings. The van der Waals surface area contributed by atoms with Gasteiger partial charge in [-0.25, -0.2) is 4.79 Å². The van der Waals surface area contributed by atoms with Crippen LogP contribution in [-0.2, 0) is 9.59 Å². The quantitative estimate of drug-likeness (QED) is 0.665. The zero-order valence-corrected chi connectivity index (χ0v) is 12.3. The second-order valence-corrected chi connectivity index (χ2v) is 6.52. The van der Waals surface area contributed by atoms with Crippen LogP contribution < -0.4 is 0 Å². The summed E-state index contributed by atoms with van der Waals surface area (Å²) in [5, 5.41) is 9.38. The van der Waals surface area contributed by atoms with E-state index in [-0.39, 0.29) is 11.9 Å². The van der Waals surface area contributed by atoms with Crippen LogP contribution >= 0.6 is 0 Å². The summed E-state index contributed by atoms with van der Waals surface area (Å²) in [6.45, 7) is 5.78. The number of carboxylic acid groups (broad SMARTS) is 1. The van der Waals surface area contributed by atoms with E-state index in [1.807, 2.05) is 32.9 Å². The second-order valence-electron chi connectivity index (χ2n) is 6.52. The van der Waals surface area contributed by atoms with Crippen LogP contribution in [0.15, 0.2) is 23.9 Å². The molecule has 1 unspecified atom stereocenters. The molecule has 3 heterocycles. The van der Waals surface area contributed by atoms with Gasteiger partial charge in [0, 0.05) is 11.8 Å². The molecule has 2 aliphatic heterocycles. The third kappa shape index (κ3) is 2.04. The van der Waals surface area contributed by atoms with Gasteiger partial charge in [-0.3, -0.25) is 9.78 Å². The topological polar surface area (TPSA) is 70.5 Å². The lowest BCUT2D eigenvalue weighted by Gasteiger charge is -2.40. The Kier molecular flexibility index (Phi) is 2.90. The first-order chi connectivity index (χ1) is 9.81. The molecule has 21 heavy (non-hydrogen) atoms. The van der Waals surface area contributed by atoms with Gasteiger partial charge in [0.25, 0.3) is 5.91 Å². The zero-order valence-electron chi connectivity index (χ0n) is 12.3. The van der Waals surface area contributed by atoms with Crippen LogP contribution in [0.2, 0.25) is 0 Å². The minimum Gasteiger partial charge on any atom is -0.480 e. The number of pyridine rings is 1. The monoisotopic (exact) mass is 286 g/mol. The van der Waals surface area contributed by atoms with Crippen LogP contribution in [0.25, 0.3) is 6.08 Å². The molecule has 0 saturated carbocycles. The average Bonchev–Trinajstić information content (AvgIpc) is 2.65. The molecular formula is C16H18N2O3. The van der Waals surface area contributed by atoms with Gasteiger partial charge in [-0.15, -0.1) is 0 Å². The maximum absolute atomic E-state index is 12.3. The standard InChI is InChI=1S/C16H18N2O3/c1-9-4-5-17-10(6-9)7-11-12-8-16(2,3)13(15(20)21)18(12)14(11)19/h4-7,12-13H,8H2,1-3H3,(H,20,21)/b11-7+/t12?,13-/m0/s1. The average molecular weight is 286 g/mol. The number of fused-ring (bicyclic) bond motifs is 1. The van der Waals surface area contributed by atoms with Crippen molar-refractivity contribution >= 4 is 18.0 Å². The summed E-state index contributed by atoms with van der Waals surface area (Å²) in [5.41, 5.74) is 2.08. The summed E-state index contributed by atoms with van der Waals surface area (Å²) >= 11 is 0. The summed E-state index contributed by atoms with van der Waals surface area (Å²) in [7, 11) is 0. The Bertz CT molecular complexity index is 663. The van der Waals surface area contributed by atoms with Crippen LogP contribution in [0.1, 0.15) is 31.5 Å². The van der Waals surface area contributed by atoms with Gasteiger partial charge in [0.15, 0.2) is 0 Å². The molecule has 1 aromatic heterocycles. The number of aromatic nitrogens is 1. The Hall–Kier alpha value is -2.17. The number of carboxylic acids is 1. The molecule has 5 nitrogen and oxygen atoms in total. The SMILES string of the molecule is Cc1ccnc(/C=C2/C(=O)N3C2CC(C)(C)[C@@H]3C(=O)O)c1. The molecule has 2 atom stereocenters. The van der Waals surface area contributed by atoms with Gasteiger partial charge in [-0.1, -0.05) is 13.8 Å². The van der Waals surface area contributed by atoms with E-state index in [2.05, 4.69) is 4.98 Å². The molecule has 5 heteroatoms. The van der Waals surface area contributed by atoms with Crippen molar-refractivity contribution in [2.75, 3.05) is 0 Å². The molecule has 3 rings (SSSR count). The van der Waals surface area contributed by atoms with Crippen LogP contribution in [0.4, 0.5) is 0 Å². The first-order valence-corrected chi connectivity index (χ1v) is 7.01. The minimum absolute atomic E-state index is 0.101. The van der Waals surface area contributed by atoms with E-state index >= 15 is 0 Å². The highest BCUT2D eigenvalue weighted by Crippen LogP contribution is 2.49. The minimum atomic E-state index is -0.927. The maximum Gasteiger partial charge on any atom is 0.327 e. The lowest BCUT2D eigenvalue weighted by atomic mass is 9.83. The Morgan fingerprint density at radius 1 is 1.52 bits per heavy atom. The number of carbonyl (C=O) groups excluding carboxylic acids is 1. The highest BCUT2D eigenvalue weighted by atomic mass is 16.4.